The molecule has 0 aliphatic carbocycles. The van der Waals surface area contributed by atoms with Crippen molar-refractivity contribution in [1.82, 2.24) is 5.32 Å². The highest BCUT2D eigenvalue weighted by Gasteiger charge is 2.19. The van der Waals surface area contributed by atoms with E-state index in [1.54, 1.807) is 7.11 Å². The molecule has 1 rings (SSSR count). The van der Waals surface area contributed by atoms with E-state index in [1.165, 1.54) is 0 Å². The molecule has 0 radical (unpaired) electrons. The topological polar surface area (TPSA) is 45.0 Å². The lowest BCUT2D eigenvalue weighted by Crippen LogP contribution is -2.29. The number of rotatable bonds is 5. The number of hydrogen-bond acceptors (Lipinski definition) is 3. The van der Waals surface area contributed by atoms with Crippen LogP contribution in [0.3, 0.4) is 0 Å². The minimum absolute atomic E-state index is 0.310. The van der Waals surface area contributed by atoms with Gasteiger partial charge in [0, 0.05) is 6.54 Å². The van der Waals surface area contributed by atoms with E-state index in [1.807, 2.05) is 18.2 Å². The molecule has 0 fully saturated rings. The van der Waals surface area contributed by atoms with Crippen molar-refractivity contribution < 1.29 is 4.74 Å². The first-order chi connectivity index (χ1) is 8.88. The van der Waals surface area contributed by atoms with Gasteiger partial charge in [-0.15, -0.1) is 0 Å². The van der Waals surface area contributed by atoms with E-state index < -0.39 is 0 Å². The molecule has 0 saturated carbocycles. The second-order valence-electron chi connectivity index (χ2n) is 6.04. The maximum atomic E-state index is 9.04. The molecule has 0 aliphatic rings. The van der Waals surface area contributed by atoms with Crippen molar-refractivity contribution in [1.29, 1.82) is 5.26 Å². The summed E-state index contributed by atoms with van der Waals surface area (Å²) >= 11 is 0. The van der Waals surface area contributed by atoms with E-state index in [-0.39, 0.29) is 0 Å². The third-order valence-corrected chi connectivity index (χ3v) is 3.64. The van der Waals surface area contributed by atoms with Gasteiger partial charge in [0.25, 0.3) is 0 Å². The largest absolute Gasteiger partial charge is 0.495 e. The van der Waals surface area contributed by atoms with E-state index >= 15 is 0 Å². The smallest absolute Gasteiger partial charge is 0.136 e. The predicted octanol–water partition coefficient (Wildman–Crippen LogP) is 3.34. The zero-order chi connectivity index (χ0) is 14.5. The van der Waals surface area contributed by atoms with Crippen molar-refractivity contribution in [2.45, 2.75) is 34.2 Å². The monoisotopic (exact) mass is 260 g/mol. The number of nitrogens with zero attached hydrogens (tertiary/aromatic N) is 1. The normalized spacial score (nSPS) is 12.8. The first-order valence-electron chi connectivity index (χ1n) is 6.66. The van der Waals surface area contributed by atoms with Crippen LogP contribution >= 0.6 is 0 Å². The molecular formula is C16H24N2O. The Morgan fingerprint density at radius 1 is 1.37 bits per heavy atom. The van der Waals surface area contributed by atoms with E-state index in [0.717, 1.165) is 18.7 Å². The van der Waals surface area contributed by atoms with Crippen LogP contribution in [-0.4, -0.2) is 13.7 Å². The highest BCUT2D eigenvalue weighted by Crippen LogP contribution is 2.24. The molecule has 1 N–H and O–H groups in total. The van der Waals surface area contributed by atoms with Crippen molar-refractivity contribution in [3.05, 3.63) is 29.3 Å². The molecule has 1 aromatic carbocycles. The van der Waals surface area contributed by atoms with Crippen LogP contribution < -0.4 is 10.1 Å². The van der Waals surface area contributed by atoms with Crippen LogP contribution in [0.2, 0.25) is 0 Å². The Bertz CT molecular complexity index is 455. The summed E-state index contributed by atoms with van der Waals surface area (Å²) in [5, 5.41) is 12.5. The Labute approximate surface area is 116 Å². The third-order valence-electron chi connectivity index (χ3n) is 3.64. The van der Waals surface area contributed by atoms with Crippen LogP contribution in [0.1, 0.15) is 38.8 Å². The zero-order valence-electron chi connectivity index (χ0n) is 12.6. The molecule has 0 amide bonds. The summed E-state index contributed by atoms with van der Waals surface area (Å²) in [7, 11) is 1.58. The van der Waals surface area contributed by atoms with Crippen LogP contribution in [0, 0.1) is 22.7 Å². The fourth-order valence-corrected chi connectivity index (χ4v) is 1.69. The first kappa shape index (κ1) is 15.5. The maximum Gasteiger partial charge on any atom is 0.136 e. The van der Waals surface area contributed by atoms with Gasteiger partial charge in [0.1, 0.15) is 11.8 Å². The van der Waals surface area contributed by atoms with Gasteiger partial charge in [0.2, 0.25) is 0 Å². The zero-order valence-corrected chi connectivity index (χ0v) is 12.6. The van der Waals surface area contributed by atoms with Crippen molar-refractivity contribution in [2.75, 3.05) is 13.7 Å². The number of hydrogen-bond donors (Lipinski definition) is 1. The summed E-state index contributed by atoms with van der Waals surface area (Å²) in [5.41, 5.74) is 2.01. The average molecular weight is 260 g/mol. The quantitative estimate of drug-likeness (QED) is 0.883. The van der Waals surface area contributed by atoms with Crippen LogP contribution in [0.15, 0.2) is 18.2 Å². The Hall–Kier alpha value is -1.53. The van der Waals surface area contributed by atoms with Gasteiger partial charge in [-0.3, -0.25) is 0 Å². The molecule has 3 nitrogen and oxygen atoms in total. The van der Waals surface area contributed by atoms with Crippen LogP contribution in [0.25, 0.3) is 0 Å². The summed E-state index contributed by atoms with van der Waals surface area (Å²) in [6.07, 6.45) is 0. The minimum Gasteiger partial charge on any atom is -0.495 e. The lowest BCUT2D eigenvalue weighted by Gasteiger charge is -2.27. The van der Waals surface area contributed by atoms with Crippen molar-refractivity contribution in [2.24, 2.45) is 11.3 Å². The molecule has 0 aliphatic heterocycles. The predicted molar refractivity (Wildman–Crippen MR) is 78.0 cm³/mol. The van der Waals surface area contributed by atoms with Crippen molar-refractivity contribution in [3.63, 3.8) is 0 Å². The Morgan fingerprint density at radius 2 is 2.05 bits per heavy atom. The summed E-state index contributed by atoms with van der Waals surface area (Å²) in [5.74, 6) is 1.23. The third kappa shape index (κ3) is 4.57. The molecule has 0 heterocycles. The van der Waals surface area contributed by atoms with E-state index in [4.69, 9.17) is 10.00 Å². The summed E-state index contributed by atoms with van der Waals surface area (Å²) in [6.45, 7) is 10.7. The van der Waals surface area contributed by atoms with Crippen LogP contribution in [-0.2, 0) is 6.54 Å². The van der Waals surface area contributed by atoms with Gasteiger partial charge in [-0.25, -0.2) is 0 Å². The van der Waals surface area contributed by atoms with E-state index in [0.29, 0.717) is 22.6 Å². The van der Waals surface area contributed by atoms with Gasteiger partial charge >= 0.3 is 0 Å². The van der Waals surface area contributed by atoms with Gasteiger partial charge in [-0.05, 0) is 35.6 Å². The number of benzene rings is 1. The minimum atomic E-state index is 0.310. The number of ether oxygens (including phenoxy) is 1. The number of methoxy groups -OCH3 is 1. The summed E-state index contributed by atoms with van der Waals surface area (Å²) < 4.78 is 5.14. The maximum absolute atomic E-state index is 9.04. The lowest BCUT2D eigenvalue weighted by molar-refractivity contribution is 0.252. The molecule has 3 heteroatoms. The van der Waals surface area contributed by atoms with Gasteiger partial charge < -0.3 is 10.1 Å². The highest BCUT2D eigenvalue weighted by molar-refractivity contribution is 5.45. The van der Waals surface area contributed by atoms with Gasteiger partial charge in [-0.1, -0.05) is 33.8 Å². The molecule has 0 aromatic heterocycles. The highest BCUT2D eigenvalue weighted by atomic mass is 16.5. The summed E-state index contributed by atoms with van der Waals surface area (Å²) in [6, 6.07) is 7.88. The van der Waals surface area contributed by atoms with E-state index in [2.05, 4.69) is 39.1 Å². The number of nitriles is 1. The molecule has 0 saturated heterocycles. The standard InChI is InChI=1S/C16H24N2O/c1-12(16(2,3)4)10-18-11-13-6-7-15(19-5)14(8-13)9-17/h6-8,12,18H,10-11H2,1-5H3. The molecule has 1 unspecified atom stereocenters. The second kappa shape index (κ2) is 6.58. The Balaban J connectivity index is 2.58. The molecule has 1 atom stereocenters. The molecule has 19 heavy (non-hydrogen) atoms. The van der Waals surface area contributed by atoms with Crippen molar-refractivity contribution >= 4 is 0 Å². The first-order valence-corrected chi connectivity index (χ1v) is 6.66. The van der Waals surface area contributed by atoms with Gasteiger partial charge in [-0.2, -0.15) is 5.26 Å². The summed E-state index contributed by atoms with van der Waals surface area (Å²) in [4.78, 5) is 0. The fourth-order valence-electron chi connectivity index (χ4n) is 1.69. The molecule has 0 spiro atoms. The fraction of sp³-hybridized carbons (Fsp3) is 0.562. The van der Waals surface area contributed by atoms with Gasteiger partial charge in [0.05, 0.1) is 12.7 Å². The van der Waals surface area contributed by atoms with E-state index in [9.17, 15) is 0 Å². The molecular weight excluding hydrogens is 236 g/mol. The molecule has 104 valence electrons. The number of nitrogens with one attached hydrogen (secondary N) is 1. The molecule has 1 aromatic rings. The van der Waals surface area contributed by atoms with Gasteiger partial charge in [0.15, 0.2) is 0 Å². The average Bonchev–Trinajstić information content (AvgIpc) is 2.37. The Kier molecular flexibility index (Phi) is 5.38. The second-order valence-corrected chi connectivity index (χ2v) is 6.04. The van der Waals surface area contributed by atoms with Crippen LogP contribution in [0.4, 0.5) is 0 Å². The lowest BCUT2D eigenvalue weighted by atomic mass is 9.82. The SMILES string of the molecule is COc1ccc(CNCC(C)C(C)(C)C)cc1C#N. The van der Waals surface area contributed by atoms with Crippen LogP contribution in [0.5, 0.6) is 5.75 Å². The molecule has 0 bridgehead atoms. The van der Waals surface area contributed by atoms with Crippen molar-refractivity contribution in [3.8, 4) is 11.8 Å². The Morgan fingerprint density at radius 3 is 2.58 bits per heavy atom.